The molecule has 1 aliphatic rings. The lowest BCUT2D eigenvalue weighted by Gasteiger charge is -2.22. The van der Waals surface area contributed by atoms with Gasteiger partial charge in [0.25, 0.3) is 0 Å². The molecule has 3 rings (SSSR count). The zero-order valence-electron chi connectivity index (χ0n) is 16.6. The topological polar surface area (TPSA) is 64.6 Å². The highest BCUT2D eigenvalue weighted by Crippen LogP contribution is 2.44. The van der Waals surface area contributed by atoms with Crippen molar-refractivity contribution in [2.24, 2.45) is 5.92 Å². The maximum atomic E-state index is 12.4. The molecule has 0 heterocycles. The first-order valence-electron chi connectivity index (χ1n) is 9.84. The summed E-state index contributed by atoms with van der Waals surface area (Å²) in [5, 5.41) is 2.69. The van der Waals surface area contributed by atoms with E-state index in [2.05, 4.69) is 29.6 Å². The van der Waals surface area contributed by atoms with Gasteiger partial charge >= 0.3 is 12.1 Å². The van der Waals surface area contributed by atoms with E-state index in [1.165, 1.54) is 11.1 Å². The number of amides is 1. The number of carbonyl (C=O) groups excluding carboxylic acids is 2. The SMILES string of the molecule is CCOC(=O)[C@@H](NC(=O)OCC1c2ccccc2-c2ccccc21)[C@@H](C)CC. The van der Waals surface area contributed by atoms with Gasteiger partial charge in [0, 0.05) is 5.92 Å². The minimum atomic E-state index is -0.708. The predicted molar refractivity (Wildman–Crippen MR) is 108 cm³/mol. The molecule has 2 aromatic carbocycles. The van der Waals surface area contributed by atoms with E-state index in [4.69, 9.17) is 9.47 Å². The van der Waals surface area contributed by atoms with E-state index in [1.54, 1.807) is 6.92 Å². The number of nitrogens with one attached hydrogen (secondary N) is 1. The molecule has 2 aromatic rings. The lowest BCUT2D eigenvalue weighted by atomic mass is 9.98. The van der Waals surface area contributed by atoms with E-state index >= 15 is 0 Å². The van der Waals surface area contributed by atoms with E-state index < -0.39 is 18.1 Å². The van der Waals surface area contributed by atoms with Crippen molar-refractivity contribution in [2.45, 2.75) is 39.2 Å². The first-order valence-corrected chi connectivity index (χ1v) is 9.84. The van der Waals surface area contributed by atoms with Crippen molar-refractivity contribution in [3.05, 3.63) is 59.7 Å². The first kappa shape index (κ1) is 19.9. The van der Waals surface area contributed by atoms with Crippen LogP contribution in [-0.2, 0) is 14.3 Å². The Morgan fingerprint density at radius 3 is 2.07 bits per heavy atom. The smallest absolute Gasteiger partial charge is 0.407 e. The molecule has 1 aliphatic carbocycles. The van der Waals surface area contributed by atoms with Crippen molar-refractivity contribution in [1.29, 1.82) is 0 Å². The molecule has 28 heavy (non-hydrogen) atoms. The monoisotopic (exact) mass is 381 g/mol. The molecular formula is C23H27NO4. The van der Waals surface area contributed by atoms with Gasteiger partial charge in [-0.1, -0.05) is 68.8 Å². The summed E-state index contributed by atoms with van der Waals surface area (Å²) in [4.78, 5) is 24.6. The van der Waals surface area contributed by atoms with Crippen molar-refractivity contribution in [3.8, 4) is 11.1 Å². The number of alkyl carbamates (subject to hydrolysis) is 1. The summed E-state index contributed by atoms with van der Waals surface area (Å²) in [6, 6.07) is 15.6. The Labute approximate surface area is 166 Å². The Morgan fingerprint density at radius 1 is 0.964 bits per heavy atom. The van der Waals surface area contributed by atoms with Crippen LogP contribution >= 0.6 is 0 Å². The third-order valence-corrected chi connectivity index (χ3v) is 5.37. The number of esters is 1. The number of carbonyl (C=O) groups is 2. The fraction of sp³-hybridized carbons (Fsp3) is 0.391. The zero-order valence-corrected chi connectivity index (χ0v) is 16.6. The Balaban J connectivity index is 1.70. The van der Waals surface area contributed by atoms with Gasteiger partial charge in [0.15, 0.2) is 0 Å². The van der Waals surface area contributed by atoms with Crippen LogP contribution < -0.4 is 5.32 Å². The van der Waals surface area contributed by atoms with Crippen LogP contribution in [0, 0.1) is 5.92 Å². The highest BCUT2D eigenvalue weighted by Gasteiger charge is 2.31. The third kappa shape index (κ3) is 4.03. The number of hydrogen-bond acceptors (Lipinski definition) is 4. The van der Waals surface area contributed by atoms with Gasteiger partial charge < -0.3 is 14.8 Å². The number of ether oxygens (including phenoxy) is 2. The molecule has 2 atom stereocenters. The molecule has 1 amide bonds. The average Bonchev–Trinajstić information content (AvgIpc) is 3.04. The Bertz CT molecular complexity index is 803. The quantitative estimate of drug-likeness (QED) is 0.717. The molecule has 0 unspecified atom stereocenters. The van der Waals surface area contributed by atoms with Gasteiger partial charge in [-0.05, 0) is 35.1 Å². The van der Waals surface area contributed by atoms with Crippen LogP contribution in [0.4, 0.5) is 4.79 Å². The molecule has 0 spiro atoms. The highest BCUT2D eigenvalue weighted by atomic mass is 16.6. The highest BCUT2D eigenvalue weighted by molar-refractivity contribution is 5.82. The van der Waals surface area contributed by atoms with Gasteiger partial charge in [-0.2, -0.15) is 0 Å². The summed E-state index contributed by atoms with van der Waals surface area (Å²) in [6.45, 7) is 6.12. The molecule has 1 N–H and O–H groups in total. The van der Waals surface area contributed by atoms with Crippen molar-refractivity contribution < 1.29 is 19.1 Å². The number of rotatable bonds is 7. The Kier molecular flexibility index (Phi) is 6.34. The summed E-state index contributed by atoms with van der Waals surface area (Å²) < 4.78 is 10.6. The van der Waals surface area contributed by atoms with Crippen LogP contribution in [0.1, 0.15) is 44.2 Å². The van der Waals surface area contributed by atoms with Gasteiger partial charge in [-0.25, -0.2) is 9.59 Å². The molecule has 0 radical (unpaired) electrons. The van der Waals surface area contributed by atoms with Crippen molar-refractivity contribution in [1.82, 2.24) is 5.32 Å². The van der Waals surface area contributed by atoms with Crippen LogP contribution in [0.25, 0.3) is 11.1 Å². The lowest BCUT2D eigenvalue weighted by Crippen LogP contribution is -2.46. The summed E-state index contributed by atoms with van der Waals surface area (Å²) in [5.74, 6) is -0.479. The number of hydrogen-bond donors (Lipinski definition) is 1. The zero-order chi connectivity index (χ0) is 20.1. The van der Waals surface area contributed by atoms with Crippen LogP contribution in [-0.4, -0.2) is 31.3 Å². The van der Waals surface area contributed by atoms with E-state index in [0.29, 0.717) is 0 Å². The lowest BCUT2D eigenvalue weighted by molar-refractivity contribution is -0.146. The van der Waals surface area contributed by atoms with Crippen LogP contribution in [0.3, 0.4) is 0 Å². The standard InChI is InChI=1S/C23H27NO4/c1-4-15(3)21(22(25)27-5-2)24-23(26)28-14-20-18-12-8-6-10-16(18)17-11-7-9-13-19(17)20/h6-13,15,20-21H,4-5,14H2,1-3H3,(H,24,26)/t15-,21-/m0/s1. The molecule has 0 aromatic heterocycles. The van der Waals surface area contributed by atoms with Crippen LogP contribution in [0.2, 0.25) is 0 Å². The summed E-state index contributed by atoms with van der Waals surface area (Å²) in [6.07, 6.45) is 0.146. The minimum Gasteiger partial charge on any atom is -0.464 e. The molecule has 0 saturated carbocycles. The molecule has 5 heteroatoms. The molecule has 0 aliphatic heterocycles. The summed E-state index contributed by atoms with van der Waals surface area (Å²) >= 11 is 0. The van der Waals surface area contributed by atoms with Gasteiger partial charge in [-0.15, -0.1) is 0 Å². The third-order valence-electron chi connectivity index (χ3n) is 5.37. The Hall–Kier alpha value is -2.82. The van der Waals surface area contributed by atoms with Crippen molar-refractivity contribution >= 4 is 12.1 Å². The molecular weight excluding hydrogens is 354 g/mol. The van der Waals surface area contributed by atoms with E-state index in [1.807, 2.05) is 38.1 Å². The number of benzene rings is 2. The fourth-order valence-electron chi connectivity index (χ4n) is 3.67. The second-order valence-electron chi connectivity index (χ2n) is 7.09. The van der Waals surface area contributed by atoms with Crippen molar-refractivity contribution in [2.75, 3.05) is 13.2 Å². The molecule has 148 valence electrons. The normalized spacial score (nSPS) is 14.5. The van der Waals surface area contributed by atoms with E-state index in [0.717, 1.165) is 17.5 Å². The second-order valence-corrected chi connectivity index (χ2v) is 7.09. The van der Waals surface area contributed by atoms with Gasteiger partial charge in [0.2, 0.25) is 0 Å². The minimum absolute atomic E-state index is 0.0113. The average molecular weight is 381 g/mol. The first-order chi connectivity index (χ1) is 13.6. The molecule has 0 bridgehead atoms. The second kappa shape index (κ2) is 8.91. The molecule has 0 fully saturated rings. The van der Waals surface area contributed by atoms with Gasteiger partial charge in [0.05, 0.1) is 6.61 Å². The predicted octanol–water partition coefficient (Wildman–Crippen LogP) is 4.50. The Morgan fingerprint density at radius 2 is 1.54 bits per heavy atom. The van der Waals surface area contributed by atoms with Crippen LogP contribution in [0.15, 0.2) is 48.5 Å². The van der Waals surface area contributed by atoms with Crippen molar-refractivity contribution in [3.63, 3.8) is 0 Å². The van der Waals surface area contributed by atoms with E-state index in [9.17, 15) is 9.59 Å². The maximum Gasteiger partial charge on any atom is 0.407 e. The summed E-state index contributed by atoms with van der Waals surface area (Å²) in [5.41, 5.74) is 4.66. The molecule has 0 saturated heterocycles. The molecule has 5 nitrogen and oxygen atoms in total. The van der Waals surface area contributed by atoms with Gasteiger partial charge in [-0.3, -0.25) is 0 Å². The van der Waals surface area contributed by atoms with E-state index in [-0.39, 0.29) is 25.0 Å². The number of fused-ring (bicyclic) bond motifs is 3. The largest absolute Gasteiger partial charge is 0.464 e. The van der Waals surface area contributed by atoms with Crippen LogP contribution in [0.5, 0.6) is 0 Å². The van der Waals surface area contributed by atoms with Gasteiger partial charge in [0.1, 0.15) is 12.6 Å². The fourth-order valence-corrected chi connectivity index (χ4v) is 3.67. The maximum absolute atomic E-state index is 12.4. The summed E-state index contributed by atoms with van der Waals surface area (Å²) in [7, 11) is 0.